The Labute approximate surface area is 149 Å². The Balaban J connectivity index is 2.27. The number of fused-ring (bicyclic) bond motifs is 1. The molecule has 0 fully saturated rings. The molecular weight excluding hydrogens is 312 g/mol. The molecule has 0 saturated carbocycles. The number of aryl methyl sites for hydroxylation is 1. The van der Waals surface area contributed by atoms with Crippen LogP contribution in [-0.2, 0) is 11.3 Å². The van der Waals surface area contributed by atoms with Gasteiger partial charge in [-0.05, 0) is 31.7 Å². The summed E-state index contributed by atoms with van der Waals surface area (Å²) in [6.07, 6.45) is 4.49. The number of nitriles is 1. The zero-order chi connectivity index (χ0) is 18.4. The molecule has 0 aliphatic rings. The van der Waals surface area contributed by atoms with E-state index in [9.17, 15) is 9.59 Å². The number of benzene rings is 1. The molecule has 0 saturated heterocycles. The van der Waals surface area contributed by atoms with E-state index in [1.165, 1.54) is 0 Å². The number of hydrogen-bond donors (Lipinski definition) is 0. The first-order valence-corrected chi connectivity index (χ1v) is 8.94. The van der Waals surface area contributed by atoms with Crippen LogP contribution in [0.15, 0.2) is 30.5 Å². The zero-order valence-corrected chi connectivity index (χ0v) is 15.3. The summed E-state index contributed by atoms with van der Waals surface area (Å²) in [4.78, 5) is 24.7. The number of unbranched alkanes of at least 4 members (excludes halogenated alkanes) is 2. The summed E-state index contributed by atoms with van der Waals surface area (Å²) in [5.74, 6) is 0.0236. The molecule has 0 aliphatic heterocycles. The van der Waals surface area contributed by atoms with Crippen molar-refractivity contribution in [2.24, 2.45) is 11.8 Å². The van der Waals surface area contributed by atoms with Crippen LogP contribution in [0.4, 0.5) is 0 Å². The van der Waals surface area contributed by atoms with Gasteiger partial charge in [-0.1, -0.05) is 32.0 Å². The minimum atomic E-state index is -0.231. The van der Waals surface area contributed by atoms with Gasteiger partial charge in [-0.2, -0.15) is 5.26 Å². The third-order valence-corrected chi connectivity index (χ3v) is 4.76. The summed E-state index contributed by atoms with van der Waals surface area (Å²) < 4.78 is 2.10. The van der Waals surface area contributed by atoms with Crippen molar-refractivity contribution in [3.63, 3.8) is 0 Å². The highest BCUT2D eigenvalue weighted by molar-refractivity contribution is 6.09. The van der Waals surface area contributed by atoms with Gasteiger partial charge in [-0.15, -0.1) is 0 Å². The number of carbonyl (C=O) groups excluding carboxylic acids is 2. The van der Waals surface area contributed by atoms with E-state index in [2.05, 4.69) is 10.6 Å². The molecule has 132 valence electrons. The van der Waals surface area contributed by atoms with Crippen LogP contribution in [0.5, 0.6) is 0 Å². The molecule has 2 rings (SSSR count). The van der Waals surface area contributed by atoms with Gasteiger partial charge in [-0.25, -0.2) is 0 Å². The summed E-state index contributed by atoms with van der Waals surface area (Å²) in [6, 6.07) is 10.0. The summed E-state index contributed by atoms with van der Waals surface area (Å²) in [5.41, 5.74) is 1.73. The van der Waals surface area contributed by atoms with E-state index < -0.39 is 0 Å². The van der Waals surface area contributed by atoms with Gasteiger partial charge >= 0.3 is 0 Å². The predicted octanol–water partition coefficient (Wildman–Crippen LogP) is 4.77. The molecule has 25 heavy (non-hydrogen) atoms. The smallest absolute Gasteiger partial charge is 0.165 e. The maximum absolute atomic E-state index is 12.9. The Morgan fingerprint density at radius 2 is 1.92 bits per heavy atom. The van der Waals surface area contributed by atoms with Crippen molar-refractivity contribution < 1.29 is 9.59 Å². The quantitative estimate of drug-likeness (QED) is 0.489. The molecular formula is C21H26N2O2. The molecule has 0 radical (unpaired) electrons. The van der Waals surface area contributed by atoms with Gasteiger partial charge < -0.3 is 4.57 Å². The standard InChI is InChI=1S/C21H26N2O2/c1-15(2)18(16(3)24)13-21(25)19-14-23(12-8-4-7-11-22)20-10-6-5-9-17(19)20/h5-6,9-10,14-15,18H,4,7-8,12-13H2,1-3H3/t18-/m0/s1. The third kappa shape index (κ3) is 4.57. The lowest BCUT2D eigenvalue weighted by Gasteiger charge is -2.16. The largest absolute Gasteiger partial charge is 0.347 e. The molecule has 1 aromatic carbocycles. The Morgan fingerprint density at radius 3 is 2.56 bits per heavy atom. The second kappa shape index (κ2) is 8.62. The van der Waals surface area contributed by atoms with E-state index in [0.717, 1.165) is 30.3 Å². The predicted molar refractivity (Wildman–Crippen MR) is 99.4 cm³/mol. The summed E-state index contributed by atoms with van der Waals surface area (Å²) in [7, 11) is 0. The highest BCUT2D eigenvalue weighted by Crippen LogP contribution is 2.26. The molecule has 4 heteroatoms. The van der Waals surface area contributed by atoms with Crippen LogP contribution in [0.25, 0.3) is 10.9 Å². The molecule has 4 nitrogen and oxygen atoms in total. The molecule has 0 amide bonds. The van der Waals surface area contributed by atoms with Crippen LogP contribution in [-0.4, -0.2) is 16.1 Å². The van der Waals surface area contributed by atoms with Gasteiger partial charge in [-0.3, -0.25) is 9.59 Å². The van der Waals surface area contributed by atoms with Gasteiger partial charge in [0, 0.05) is 48.0 Å². The van der Waals surface area contributed by atoms with Crippen LogP contribution >= 0.6 is 0 Å². The molecule has 1 aromatic heterocycles. The molecule has 1 heterocycles. The topological polar surface area (TPSA) is 62.9 Å². The molecule has 0 N–H and O–H groups in total. The maximum Gasteiger partial charge on any atom is 0.165 e. The lowest BCUT2D eigenvalue weighted by Crippen LogP contribution is -2.21. The van der Waals surface area contributed by atoms with E-state index in [1.54, 1.807) is 6.92 Å². The van der Waals surface area contributed by atoms with Crippen molar-refractivity contribution in [1.29, 1.82) is 5.26 Å². The van der Waals surface area contributed by atoms with E-state index in [-0.39, 0.29) is 29.8 Å². The number of Topliss-reactive ketones (excluding diaryl/α,β-unsaturated/α-hetero) is 2. The number of carbonyl (C=O) groups is 2. The van der Waals surface area contributed by atoms with Crippen molar-refractivity contribution in [3.05, 3.63) is 36.0 Å². The lowest BCUT2D eigenvalue weighted by atomic mass is 9.86. The number of nitrogens with zero attached hydrogens (tertiary/aromatic N) is 2. The van der Waals surface area contributed by atoms with Crippen molar-refractivity contribution in [1.82, 2.24) is 4.57 Å². The third-order valence-electron chi connectivity index (χ3n) is 4.76. The van der Waals surface area contributed by atoms with Crippen LogP contribution in [0.1, 0.15) is 56.8 Å². The molecule has 2 aromatic rings. The van der Waals surface area contributed by atoms with Crippen molar-refractivity contribution in [2.75, 3.05) is 0 Å². The fraction of sp³-hybridized carbons (Fsp3) is 0.476. The second-order valence-corrected chi connectivity index (χ2v) is 6.96. The number of para-hydroxylation sites is 1. The van der Waals surface area contributed by atoms with Gasteiger partial charge in [0.05, 0.1) is 6.07 Å². The van der Waals surface area contributed by atoms with Crippen LogP contribution < -0.4 is 0 Å². The van der Waals surface area contributed by atoms with Gasteiger partial charge in [0.1, 0.15) is 5.78 Å². The van der Waals surface area contributed by atoms with Crippen LogP contribution in [0.2, 0.25) is 0 Å². The average molecular weight is 338 g/mol. The summed E-state index contributed by atoms with van der Waals surface area (Å²) in [5, 5.41) is 9.60. The van der Waals surface area contributed by atoms with Crippen LogP contribution in [0, 0.1) is 23.2 Å². The average Bonchev–Trinajstić information content (AvgIpc) is 2.95. The highest BCUT2D eigenvalue weighted by atomic mass is 16.1. The van der Waals surface area contributed by atoms with Gasteiger partial charge in [0.25, 0.3) is 0 Å². The lowest BCUT2D eigenvalue weighted by molar-refractivity contribution is -0.121. The maximum atomic E-state index is 12.9. The van der Waals surface area contributed by atoms with E-state index in [4.69, 9.17) is 5.26 Å². The Kier molecular flexibility index (Phi) is 6.52. The number of rotatable bonds is 9. The van der Waals surface area contributed by atoms with E-state index in [0.29, 0.717) is 12.0 Å². The molecule has 1 atom stereocenters. The Hall–Kier alpha value is -2.41. The van der Waals surface area contributed by atoms with E-state index in [1.807, 2.05) is 44.3 Å². The fourth-order valence-corrected chi connectivity index (χ4v) is 3.30. The van der Waals surface area contributed by atoms with E-state index >= 15 is 0 Å². The van der Waals surface area contributed by atoms with Crippen molar-refractivity contribution in [3.8, 4) is 6.07 Å². The zero-order valence-electron chi connectivity index (χ0n) is 15.3. The molecule has 0 bridgehead atoms. The molecule has 0 unspecified atom stereocenters. The first kappa shape index (κ1) is 18.9. The highest BCUT2D eigenvalue weighted by Gasteiger charge is 2.24. The number of hydrogen-bond acceptors (Lipinski definition) is 3. The normalized spacial score (nSPS) is 12.3. The molecule has 0 aliphatic carbocycles. The van der Waals surface area contributed by atoms with Crippen LogP contribution in [0.3, 0.4) is 0 Å². The first-order chi connectivity index (χ1) is 12.0. The second-order valence-electron chi connectivity index (χ2n) is 6.96. The molecule has 0 spiro atoms. The monoisotopic (exact) mass is 338 g/mol. The Morgan fingerprint density at radius 1 is 1.20 bits per heavy atom. The number of ketones is 2. The number of aromatic nitrogens is 1. The van der Waals surface area contributed by atoms with Crippen molar-refractivity contribution >= 4 is 22.5 Å². The minimum absolute atomic E-state index is 0.0286. The van der Waals surface area contributed by atoms with Crippen molar-refractivity contribution in [2.45, 2.75) is 53.0 Å². The van der Waals surface area contributed by atoms with Gasteiger partial charge in [0.15, 0.2) is 5.78 Å². The minimum Gasteiger partial charge on any atom is -0.347 e. The fourth-order valence-electron chi connectivity index (χ4n) is 3.30. The Bertz CT molecular complexity index is 796. The SMILES string of the molecule is CC(=O)[C@@H](CC(=O)c1cn(CCCCC#N)c2ccccc12)C(C)C. The summed E-state index contributed by atoms with van der Waals surface area (Å²) in [6.45, 7) is 6.32. The summed E-state index contributed by atoms with van der Waals surface area (Å²) >= 11 is 0. The first-order valence-electron chi connectivity index (χ1n) is 8.94. The van der Waals surface area contributed by atoms with Gasteiger partial charge in [0.2, 0.25) is 0 Å².